The molecule has 2 amide bonds. The van der Waals surface area contributed by atoms with Crippen LogP contribution in [0.3, 0.4) is 0 Å². The van der Waals surface area contributed by atoms with Crippen LogP contribution in [-0.2, 0) is 9.59 Å². The van der Waals surface area contributed by atoms with Gasteiger partial charge in [0.05, 0.1) is 27.3 Å². The van der Waals surface area contributed by atoms with Crippen molar-refractivity contribution in [1.82, 2.24) is 0 Å². The van der Waals surface area contributed by atoms with Crippen LogP contribution in [0.4, 0.5) is 17.1 Å². The number of benzene rings is 2. The van der Waals surface area contributed by atoms with E-state index in [9.17, 15) is 9.59 Å². The molecule has 8 heteroatoms. The Hall–Kier alpha value is -1.95. The second kappa shape index (κ2) is 8.43. The maximum absolute atomic E-state index is 12.0. The van der Waals surface area contributed by atoms with Crippen LogP contribution < -0.4 is 15.5 Å². The van der Waals surface area contributed by atoms with E-state index in [-0.39, 0.29) is 18.4 Å². The van der Waals surface area contributed by atoms with E-state index in [1.165, 1.54) is 24.0 Å². The molecule has 0 radical (unpaired) electrons. The number of halogens is 3. The Morgan fingerprint density at radius 1 is 1.00 bits per heavy atom. The second-order valence-electron chi connectivity index (χ2n) is 5.27. The quantitative estimate of drug-likeness (QED) is 0.716. The van der Waals surface area contributed by atoms with Crippen LogP contribution in [0.25, 0.3) is 0 Å². The lowest BCUT2D eigenvalue weighted by molar-refractivity contribution is -0.116. The summed E-state index contributed by atoms with van der Waals surface area (Å²) in [5, 5.41) is 6.58. The summed E-state index contributed by atoms with van der Waals surface area (Å²) < 4.78 is 0. The van der Waals surface area contributed by atoms with Gasteiger partial charge in [-0.15, -0.1) is 0 Å². The minimum absolute atomic E-state index is 0.0401. The van der Waals surface area contributed by atoms with Gasteiger partial charge < -0.3 is 15.5 Å². The molecule has 0 heterocycles. The molecule has 0 bridgehead atoms. The molecule has 2 aromatic carbocycles. The van der Waals surface area contributed by atoms with Crippen LogP contribution in [-0.4, -0.2) is 25.4 Å². The summed E-state index contributed by atoms with van der Waals surface area (Å²) in [6.45, 7) is 1.53. The number of carbonyl (C=O) groups excluding carboxylic acids is 2. The van der Waals surface area contributed by atoms with Gasteiger partial charge in [-0.25, -0.2) is 0 Å². The highest BCUT2D eigenvalue weighted by molar-refractivity contribution is 6.44. The zero-order valence-corrected chi connectivity index (χ0v) is 15.8. The summed E-state index contributed by atoms with van der Waals surface area (Å²) in [5.41, 5.74) is 1.91. The third-order valence-electron chi connectivity index (χ3n) is 3.46. The summed E-state index contributed by atoms with van der Waals surface area (Å²) >= 11 is 17.8. The molecule has 2 aromatic rings. The smallest absolute Gasteiger partial charge is 0.243 e. The number of anilines is 3. The number of nitrogens with zero attached hydrogens (tertiary/aromatic N) is 1. The van der Waals surface area contributed by atoms with Gasteiger partial charge in [0.1, 0.15) is 0 Å². The predicted octanol–water partition coefficient (Wildman–Crippen LogP) is 4.68. The molecule has 132 valence electrons. The minimum atomic E-state index is -0.287. The molecule has 5 nitrogen and oxygen atoms in total. The van der Waals surface area contributed by atoms with Crippen molar-refractivity contribution >= 4 is 63.7 Å². The Morgan fingerprint density at radius 2 is 1.60 bits per heavy atom. The van der Waals surface area contributed by atoms with Crippen molar-refractivity contribution < 1.29 is 9.59 Å². The van der Waals surface area contributed by atoms with Crippen LogP contribution in [0.5, 0.6) is 0 Å². The van der Waals surface area contributed by atoms with Crippen molar-refractivity contribution in [3.63, 3.8) is 0 Å². The zero-order valence-electron chi connectivity index (χ0n) is 13.6. The van der Waals surface area contributed by atoms with E-state index >= 15 is 0 Å². The maximum Gasteiger partial charge on any atom is 0.243 e. The molecular weight excluding hydrogens is 385 g/mol. The highest BCUT2D eigenvalue weighted by Crippen LogP contribution is 2.32. The minimum Gasteiger partial charge on any atom is -0.376 e. The van der Waals surface area contributed by atoms with Gasteiger partial charge in [0.15, 0.2) is 0 Å². The van der Waals surface area contributed by atoms with E-state index in [0.717, 1.165) is 11.4 Å². The molecule has 2 rings (SSSR count). The van der Waals surface area contributed by atoms with Gasteiger partial charge in [0.25, 0.3) is 0 Å². The van der Waals surface area contributed by atoms with Crippen LogP contribution in [0, 0.1) is 0 Å². The first-order valence-corrected chi connectivity index (χ1v) is 8.44. The molecule has 0 fully saturated rings. The third-order valence-corrected chi connectivity index (χ3v) is 4.50. The topological polar surface area (TPSA) is 61.4 Å². The van der Waals surface area contributed by atoms with E-state index in [1.807, 2.05) is 0 Å². The fourth-order valence-electron chi connectivity index (χ4n) is 1.98. The van der Waals surface area contributed by atoms with Gasteiger partial charge >= 0.3 is 0 Å². The Labute approximate surface area is 160 Å². The van der Waals surface area contributed by atoms with E-state index < -0.39 is 0 Å². The molecule has 0 aliphatic rings. The number of hydrogen-bond donors (Lipinski definition) is 2. The average Bonchev–Trinajstić information content (AvgIpc) is 2.57. The summed E-state index contributed by atoms with van der Waals surface area (Å²) in [6, 6.07) is 10.1. The molecule has 0 aliphatic heterocycles. The van der Waals surface area contributed by atoms with Crippen molar-refractivity contribution in [2.45, 2.75) is 6.92 Å². The molecule has 0 saturated carbocycles. The molecule has 0 spiro atoms. The van der Waals surface area contributed by atoms with E-state index in [1.54, 1.807) is 31.3 Å². The predicted molar refractivity (Wildman–Crippen MR) is 104 cm³/mol. The van der Waals surface area contributed by atoms with Crippen LogP contribution in [0.1, 0.15) is 6.92 Å². The van der Waals surface area contributed by atoms with Gasteiger partial charge in [0, 0.05) is 25.3 Å². The summed E-state index contributed by atoms with van der Waals surface area (Å²) in [7, 11) is 1.69. The summed E-state index contributed by atoms with van der Waals surface area (Å²) in [4.78, 5) is 24.9. The standard InChI is InChI=1S/C17H16Cl3N3O2/c1-10(24)23(2)12-5-3-11(4-6-12)21-9-17(25)22-16-8-14(19)13(18)7-15(16)20/h3-8,21H,9H2,1-2H3,(H,22,25). The van der Waals surface area contributed by atoms with Crippen LogP contribution in [0.15, 0.2) is 36.4 Å². The SMILES string of the molecule is CC(=O)N(C)c1ccc(NCC(=O)Nc2cc(Cl)c(Cl)cc2Cl)cc1. The maximum atomic E-state index is 12.0. The molecule has 0 aliphatic carbocycles. The monoisotopic (exact) mass is 399 g/mol. The van der Waals surface area contributed by atoms with Crippen molar-refractivity contribution in [2.24, 2.45) is 0 Å². The van der Waals surface area contributed by atoms with Crippen molar-refractivity contribution in [1.29, 1.82) is 0 Å². The zero-order chi connectivity index (χ0) is 18.6. The Kier molecular flexibility index (Phi) is 6.53. The highest BCUT2D eigenvalue weighted by atomic mass is 35.5. The molecule has 25 heavy (non-hydrogen) atoms. The fourth-order valence-corrected chi connectivity index (χ4v) is 2.57. The Morgan fingerprint density at radius 3 is 2.20 bits per heavy atom. The van der Waals surface area contributed by atoms with E-state index in [2.05, 4.69) is 10.6 Å². The number of nitrogens with one attached hydrogen (secondary N) is 2. The van der Waals surface area contributed by atoms with Gasteiger partial charge in [-0.1, -0.05) is 34.8 Å². The molecular formula is C17H16Cl3N3O2. The molecule has 2 N–H and O–H groups in total. The highest BCUT2D eigenvalue weighted by Gasteiger charge is 2.10. The first kappa shape index (κ1) is 19.4. The lowest BCUT2D eigenvalue weighted by Crippen LogP contribution is -2.23. The second-order valence-corrected chi connectivity index (χ2v) is 6.49. The lowest BCUT2D eigenvalue weighted by Gasteiger charge is -2.15. The van der Waals surface area contributed by atoms with Crippen molar-refractivity contribution in [2.75, 3.05) is 29.1 Å². The van der Waals surface area contributed by atoms with Gasteiger partial charge in [-0.05, 0) is 36.4 Å². The largest absolute Gasteiger partial charge is 0.376 e. The molecule has 0 aromatic heterocycles. The van der Waals surface area contributed by atoms with Crippen molar-refractivity contribution in [3.05, 3.63) is 51.5 Å². The number of carbonyl (C=O) groups is 2. The molecule has 0 saturated heterocycles. The van der Waals surface area contributed by atoms with Gasteiger partial charge in [-0.2, -0.15) is 0 Å². The Balaban J connectivity index is 1.94. The number of rotatable bonds is 5. The van der Waals surface area contributed by atoms with Crippen LogP contribution >= 0.6 is 34.8 Å². The molecule has 0 unspecified atom stereocenters. The van der Waals surface area contributed by atoms with Crippen molar-refractivity contribution in [3.8, 4) is 0 Å². The number of amides is 2. The van der Waals surface area contributed by atoms with E-state index in [0.29, 0.717) is 20.8 Å². The first-order valence-electron chi connectivity index (χ1n) is 7.30. The van der Waals surface area contributed by atoms with Gasteiger partial charge in [0.2, 0.25) is 11.8 Å². The average molecular weight is 401 g/mol. The van der Waals surface area contributed by atoms with E-state index in [4.69, 9.17) is 34.8 Å². The lowest BCUT2D eigenvalue weighted by atomic mass is 10.2. The fraction of sp³-hybridized carbons (Fsp3) is 0.176. The number of hydrogen-bond acceptors (Lipinski definition) is 3. The van der Waals surface area contributed by atoms with Gasteiger partial charge in [-0.3, -0.25) is 9.59 Å². The summed E-state index contributed by atoms with van der Waals surface area (Å²) in [6.07, 6.45) is 0. The molecule has 0 atom stereocenters. The third kappa shape index (κ3) is 5.26. The summed E-state index contributed by atoms with van der Waals surface area (Å²) in [5.74, 6) is -0.344. The normalized spacial score (nSPS) is 10.3. The first-order chi connectivity index (χ1) is 11.8. The van der Waals surface area contributed by atoms with Crippen LogP contribution in [0.2, 0.25) is 15.1 Å². The Bertz CT molecular complexity index is 794.